The van der Waals surface area contributed by atoms with Crippen molar-refractivity contribution in [1.29, 1.82) is 0 Å². The lowest BCUT2D eigenvalue weighted by Crippen LogP contribution is -2.40. The molecule has 2 aromatic rings. The molecule has 2 N–H and O–H groups in total. The minimum atomic E-state index is -4.11. The van der Waals surface area contributed by atoms with E-state index in [9.17, 15) is 18.0 Å². The first-order valence-electron chi connectivity index (χ1n) is 10.3. The summed E-state index contributed by atoms with van der Waals surface area (Å²) in [4.78, 5) is 26.9. The van der Waals surface area contributed by atoms with Crippen molar-refractivity contribution >= 4 is 27.5 Å². The van der Waals surface area contributed by atoms with Gasteiger partial charge in [0.05, 0.1) is 48.6 Å². The number of para-hydroxylation sites is 1. The van der Waals surface area contributed by atoms with Crippen molar-refractivity contribution < 1.29 is 32.2 Å². The average Bonchev–Trinajstić information content (AvgIpc) is 2.84. The predicted octanol–water partition coefficient (Wildman–Crippen LogP) is 1.34. The molecular formula is C22H27N3O7S. The third kappa shape index (κ3) is 6.01. The number of benzene rings is 2. The van der Waals surface area contributed by atoms with Crippen molar-refractivity contribution in [2.45, 2.75) is 4.90 Å². The summed E-state index contributed by atoms with van der Waals surface area (Å²) in [6.07, 6.45) is 0. The van der Waals surface area contributed by atoms with Crippen LogP contribution in [0.1, 0.15) is 20.7 Å². The van der Waals surface area contributed by atoms with Gasteiger partial charge in [-0.15, -0.1) is 0 Å². The summed E-state index contributed by atoms with van der Waals surface area (Å²) in [6.45, 7) is 2.24. The number of hydrogen-bond donors (Lipinski definition) is 2. The second-order valence-corrected chi connectivity index (χ2v) is 8.85. The van der Waals surface area contributed by atoms with E-state index in [0.29, 0.717) is 32.9 Å². The Bertz CT molecular complexity index is 1100. The molecule has 1 heterocycles. The molecule has 1 fully saturated rings. The van der Waals surface area contributed by atoms with E-state index >= 15 is 0 Å². The lowest BCUT2D eigenvalue weighted by Gasteiger charge is -2.27. The van der Waals surface area contributed by atoms with Gasteiger partial charge < -0.3 is 24.4 Å². The minimum absolute atomic E-state index is 0.115. The number of carbonyl (C=O) groups is 2. The molecule has 0 aromatic heterocycles. The van der Waals surface area contributed by atoms with Gasteiger partial charge in [0.1, 0.15) is 5.75 Å². The van der Waals surface area contributed by atoms with Crippen LogP contribution < -0.4 is 14.8 Å². The first kappa shape index (κ1) is 24.5. The molecule has 0 bridgehead atoms. The van der Waals surface area contributed by atoms with Crippen molar-refractivity contribution in [3.63, 3.8) is 0 Å². The van der Waals surface area contributed by atoms with Gasteiger partial charge in [0.25, 0.3) is 21.8 Å². The van der Waals surface area contributed by atoms with Gasteiger partial charge in [0.2, 0.25) is 0 Å². The molecule has 0 spiro atoms. The maximum atomic E-state index is 13.1. The van der Waals surface area contributed by atoms with Gasteiger partial charge in [-0.05, 0) is 30.3 Å². The molecule has 0 unspecified atom stereocenters. The molecule has 0 atom stereocenters. The Labute approximate surface area is 192 Å². The Hall–Kier alpha value is -3.15. The topological polar surface area (TPSA) is 123 Å². The summed E-state index contributed by atoms with van der Waals surface area (Å²) < 4.78 is 44.2. The predicted molar refractivity (Wildman–Crippen MR) is 121 cm³/mol. The molecular weight excluding hydrogens is 450 g/mol. The number of carbonyl (C=O) groups excluding carboxylic acids is 2. The molecule has 1 saturated heterocycles. The van der Waals surface area contributed by atoms with Crippen LogP contribution in [0.3, 0.4) is 0 Å². The lowest BCUT2D eigenvalue weighted by molar-refractivity contribution is 0.0300. The number of amides is 2. The summed E-state index contributed by atoms with van der Waals surface area (Å²) in [5, 5.41) is 2.67. The summed E-state index contributed by atoms with van der Waals surface area (Å²) in [6, 6.07) is 10.3. The van der Waals surface area contributed by atoms with Crippen LogP contribution in [0.2, 0.25) is 0 Å². The molecule has 2 amide bonds. The fourth-order valence-electron chi connectivity index (χ4n) is 3.29. The third-order valence-electron chi connectivity index (χ3n) is 5.02. The number of morpholine rings is 1. The Morgan fingerprint density at radius 2 is 1.79 bits per heavy atom. The van der Waals surface area contributed by atoms with Gasteiger partial charge in [-0.25, -0.2) is 8.42 Å². The quantitative estimate of drug-likeness (QED) is 0.523. The Balaban J connectivity index is 1.88. The van der Waals surface area contributed by atoms with Crippen LogP contribution in [-0.2, 0) is 19.5 Å². The van der Waals surface area contributed by atoms with E-state index in [1.165, 1.54) is 44.6 Å². The third-order valence-corrected chi connectivity index (χ3v) is 6.38. The molecule has 10 nitrogen and oxygen atoms in total. The van der Waals surface area contributed by atoms with Crippen molar-refractivity contribution in [2.75, 3.05) is 58.4 Å². The summed E-state index contributed by atoms with van der Waals surface area (Å²) in [7, 11) is -1.18. The van der Waals surface area contributed by atoms with E-state index in [1.54, 1.807) is 17.0 Å². The highest BCUT2D eigenvalue weighted by molar-refractivity contribution is 7.92. The zero-order valence-corrected chi connectivity index (χ0v) is 19.3. The molecule has 0 saturated carbocycles. The molecule has 0 aliphatic carbocycles. The standard InChI is InChI=1S/C22H27N3O7S/c1-30-12-9-23-21(26)17-5-3-4-6-19(17)24-33(28,29)16-7-8-20(31-2)18(15-16)22(27)25-10-13-32-14-11-25/h3-8,15,24H,9-14H2,1-2H3,(H,23,26). The summed E-state index contributed by atoms with van der Waals surface area (Å²) >= 11 is 0. The van der Waals surface area contributed by atoms with Crippen molar-refractivity contribution in [3.8, 4) is 5.75 Å². The molecule has 3 rings (SSSR count). The number of hydrogen-bond acceptors (Lipinski definition) is 7. The monoisotopic (exact) mass is 477 g/mol. The first-order chi connectivity index (χ1) is 15.9. The molecule has 178 valence electrons. The van der Waals surface area contributed by atoms with E-state index in [2.05, 4.69) is 10.0 Å². The Morgan fingerprint density at radius 1 is 1.06 bits per heavy atom. The molecule has 11 heteroatoms. The normalized spacial score (nSPS) is 13.9. The van der Waals surface area contributed by atoms with E-state index in [0.717, 1.165) is 0 Å². The Morgan fingerprint density at radius 3 is 2.48 bits per heavy atom. The highest BCUT2D eigenvalue weighted by atomic mass is 32.2. The van der Waals surface area contributed by atoms with Crippen molar-refractivity contribution in [1.82, 2.24) is 10.2 Å². The van der Waals surface area contributed by atoms with Crippen LogP contribution in [0.4, 0.5) is 5.69 Å². The molecule has 2 aromatic carbocycles. The van der Waals surface area contributed by atoms with E-state index < -0.39 is 15.9 Å². The molecule has 33 heavy (non-hydrogen) atoms. The number of methoxy groups -OCH3 is 2. The smallest absolute Gasteiger partial charge is 0.261 e. The van der Waals surface area contributed by atoms with Crippen LogP contribution in [0, 0.1) is 0 Å². The Kier molecular flexibility index (Phi) is 8.26. The van der Waals surface area contributed by atoms with Gasteiger partial charge in [-0.1, -0.05) is 12.1 Å². The number of sulfonamides is 1. The number of nitrogens with zero attached hydrogens (tertiary/aromatic N) is 1. The SMILES string of the molecule is COCCNC(=O)c1ccccc1NS(=O)(=O)c1ccc(OC)c(C(=O)N2CCOCC2)c1. The van der Waals surface area contributed by atoms with Crippen LogP contribution >= 0.6 is 0 Å². The number of anilines is 1. The van der Waals surface area contributed by atoms with Gasteiger partial charge in [0, 0.05) is 26.7 Å². The zero-order chi connectivity index (χ0) is 23.8. The van der Waals surface area contributed by atoms with E-state index in [-0.39, 0.29) is 39.9 Å². The van der Waals surface area contributed by atoms with E-state index in [1.807, 2.05) is 0 Å². The van der Waals surface area contributed by atoms with Crippen LogP contribution in [-0.4, -0.2) is 78.8 Å². The molecule has 0 radical (unpaired) electrons. The van der Waals surface area contributed by atoms with Crippen LogP contribution in [0.5, 0.6) is 5.75 Å². The second-order valence-electron chi connectivity index (χ2n) is 7.17. The largest absolute Gasteiger partial charge is 0.496 e. The van der Waals surface area contributed by atoms with Crippen molar-refractivity contribution in [2.24, 2.45) is 0 Å². The summed E-state index contributed by atoms with van der Waals surface area (Å²) in [5.41, 5.74) is 0.410. The van der Waals surface area contributed by atoms with Gasteiger partial charge in [-0.3, -0.25) is 14.3 Å². The first-order valence-corrected chi connectivity index (χ1v) is 11.8. The number of ether oxygens (including phenoxy) is 3. The van der Waals surface area contributed by atoms with Crippen molar-refractivity contribution in [3.05, 3.63) is 53.6 Å². The molecule has 1 aliphatic heterocycles. The van der Waals surface area contributed by atoms with Crippen LogP contribution in [0.15, 0.2) is 47.4 Å². The number of rotatable bonds is 9. The maximum Gasteiger partial charge on any atom is 0.261 e. The fraction of sp³-hybridized carbons (Fsp3) is 0.364. The molecule has 1 aliphatic rings. The summed E-state index contributed by atoms with van der Waals surface area (Å²) in [5.74, 6) is -0.517. The maximum absolute atomic E-state index is 13.1. The highest BCUT2D eigenvalue weighted by Gasteiger charge is 2.25. The van der Waals surface area contributed by atoms with E-state index in [4.69, 9.17) is 14.2 Å². The van der Waals surface area contributed by atoms with Crippen LogP contribution in [0.25, 0.3) is 0 Å². The van der Waals surface area contributed by atoms with Gasteiger partial charge >= 0.3 is 0 Å². The highest BCUT2D eigenvalue weighted by Crippen LogP contribution is 2.26. The lowest BCUT2D eigenvalue weighted by atomic mass is 10.1. The zero-order valence-electron chi connectivity index (χ0n) is 18.5. The second kappa shape index (κ2) is 11.1. The number of nitrogens with one attached hydrogen (secondary N) is 2. The fourth-order valence-corrected chi connectivity index (χ4v) is 4.40. The van der Waals surface area contributed by atoms with Gasteiger partial charge in [-0.2, -0.15) is 0 Å². The average molecular weight is 478 g/mol. The minimum Gasteiger partial charge on any atom is -0.496 e. The van der Waals surface area contributed by atoms with Gasteiger partial charge in [0.15, 0.2) is 0 Å².